The number of aliphatic imine (C=N–C) groups is 1. The number of nitrogens with one attached hydrogen (secondary N) is 10. The second-order valence-electron chi connectivity index (χ2n) is 27.3. The number of rotatable bonds is 24. The monoisotopic (exact) mass is 1610 g/mol. The summed E-state index contributed by atoms with van der Waals surface area (Å²) in [5.74, 6) is -22.9. The first-order chi connectivity index (χ1) is 52.6. The molecule has 1 heterocycles. The van der Waals surface area contributed by atoms with E-state index in [9.17, 15) is 89.9 Å². The number of aliphatic hydroxyl groups is 4. The number of aliphatic carboxylic acids is 2. The molecule has 3 aromatic carbocycles. The molecule has 0 aromatic heterocycles. The molecule has 36 nitrogen and oxygen atoms in total. The van der Waals surface area contributed by atoms with E-state index >= 15 is 14.4 Å². The maximum Gasteiger partial charge on any atom is 0.490 e. The van der Waals surface area contributed by atoms with E-state index in [1.807, 2.05) is 53.1 Å². The maximum absolute atomic E-state index is 15.5. The zero-order valence-corrected chi connectivity index (χ0v) is 63.2. The van der Waals surface area contributed by atoms with Crippen molar-refractivity contribution in [3.8, 4) is 11.1 Å². The number of primary amides is 1. The van der Waals surface area contributed by atoms with Crippen LogP contribution in [-0.4, -0.2) is 230 Å². The van der Waals surface area contributed by atoms with Crippen LogP contribution in [-0.2, 0) is 78.3 Å². The molecule has 11 amide bonds. The Bertz CT molecular complexity index is 3700. The van der Waals surface area contributed by atoms with Gasteiger partial charge in [0, 0.05) is 6.54 Å². The zero-order chi connectivity index (χ0) is 86.1. The fraction of sp³-hybridized carbons (Fsp3) is 0.535. The highest BCUT2D eigenvalue weighted by atomic mass is 19.4. The lowest BCUT2D eigenvalue weighted by Gasteiger charge is -2.33. The van der Waals surface area contributed by atoms with Crippen molar-refractivity contribution >= 4 is 88.8 Å². The molecule has 1 aliphatic heterocycles. The summed E-state index contributed by atoms with van der Waals surface area (Å²) in [6.07, 6.45) is -18.5. The lowest BCUT2D eigenvalue weighted by atomic mass is 9.95. The number of carboxylic acid groups (broad SMARTS) is 2. The summed E-state index contributed by atoms with van der Waals surface area (Å²) in [6.45, 7) is 11.7. The first kappa shape index (κ1) is 98.0. The highest BCUT2D eigenvalue weighted by Crippen LogP contribution is 2.26. The van der Waals surface area contributed by atoms with Crippen molar-refractivity contribution in [3.05, 3.63) is 96.1 Å². The Labute approximate surface area is 645 Å². The largest absolute Gasteiger partial charge is 0.490 e. The van der Waals surface area contributed by atoms with Crippen molar-refractivity contribution in [2.45, 2.75) is 198 Å². The molecule has 24 N–H and O–H groups in total. The Morgan fingerprint density at radius 1 is 0.593 bits per heavy atom. The molecule has 3 aromatic rings. The minimum atomic E-state index is -5.08. The molecular formula is C71H101F6N15O21. The molecule has 42 heteroatoms. The van der Waals surface area contributed by atoms with E-state index in [1.165, 1.54) is 44.2 Å². The van der Waals surface area contributed by atoms with E-state index in [2.05, 4.69) is 47.5 Å². The van der Waals surface area contributed by atoms with Gasteiger partial charge in [-0.1, -0.05) is 147 Å². The maximum atomic E-state index is 15.5. The number of hydrogen-bond donors (Lipinski definition) is 20. The highest BCUT2D eigenvalue weighted by molar-refractivity contribution is 6.00. The van der Waals surface area contributed by atoms with Crippen LogP contribution >= 0.6 is 0 Å². The predicted octanol–water partition coefficient (Wildman–Crippen LogP) is -2.30. The van der Waals surface area contributed by atoms with Gasteiger partial charge in [-0.25, -0.2) is 14.4 Å². The molecule has 1 saturated heterocycles. The number of benzene rings is 3. The van der Waals surface area contributed by atoms with E-state index in [0.29, 0.717) is 5.56 Å². The molecule has 1 fully saturated rings. The van der Waals surface area contributed by atoms with Gasteiger partial charge >= 0.3 is 30.3 Å². The number of aliphatic hydroxyl groups excluding tert-OH is 4. The Morgan fingerprint density at radius 3 is 1.57 bits per heavy atom. The number of halogens is 6. The molecule has 0 radical (unpaired) electrons. The third-order valence-electron chi connectivity index (χ3n) is 16.7. The first-order valence-corrected chi connectivity index (χ1v) is 35.3. The van der Waals surface area contributed by atoms with Crippen LogP contribution in [0.2, 0.25) is 0 Å². The summed E-state index contributed by atoms with van der Waals surface area (Å²) in [6, 6.07) is 5.76. The minimum Gasteiger partial charge on any atom is -0.475 e. The molecular weight excluding hydrogens is 1510 g/mol. The van der Waals surface area contributed by atoms with E-state index in [0.717, 1.165) is 18.1 Å². The van der Waals surface area contributed by atoms with Crippen LogP contribution < -0.4 is 76.1 Å². The van der Waals surface area contributed by atoms with Crippen molar-refractivity contribution < 1.29 is 129 Å². The number of nitrogens with zero attached hydrogens (tertiary/aromatic N) is 1. The standard InChI is InChI=1S/C67H99N15O17.2C2HF3O2/c1-10-36(8)48-62(94)80-49(37(9)84)61(93)73-31-47(85)78-51(54(87)56(69)88)64(96)77-46(32-83)66(98)99-55(41-20-15-12-16-21-41)52(82-60(92)45(29-34(4)5)75-57(89)42(68)30-38-23-25-40(26-24-38)39-18-13-11-14-19-39)65(97)81-50(53(86)35(6)7)63(95)76-44(28-33(2)3)59(91)74-43(58(90)79-48)22-17-27-72-67(70)71;2*3-2(4,5)1(6)7/h11-16,18-21,23-26,33-37,42-46,48-55,83-84,86-87H,10,17,22,27-32,68H2,1-9H3,(H2,69,88)(H,73,93)(H,74,91)(H,75,89)(H,76,95)(H,77,96)(H,78,85)(H,79,90)(H,80,94)(H,81,97)(H,82,92)(H4,70,71,72);2*(H,6,7)/t36-,37-,42-,43+,44-,45-,46-,48?,49?,50-,51-,52-,53+,54-,55+;;/m0../s1. The third-order valence-corrected chi connectivity index (χ3v) is 16.7. The van der Waals surface area contributed by atoms with Gasteiger partial charge in [-0.3, -0.25) is 57.7 Å². The molecule has 1 aliphatic rings. The van der Waals surface area contributed by atoms with Gasteiger partial charge in [0.2, 0.25) is 65.0 Å². The molecule has 0 spiro atoms. The predicted molar refractivity (Wildman–Crippen MR) is 390 cm³/mol. The van der Waals surface area contributed by atoms with Crippen molar-refractivity contribution in [2.24, 2.45) is 51.6 Å². The SMILES string of the molecule is CC[C@H](C)C1NC(=O)[C@@H](CCCN=C(N)N)NC(=O)[C@H](CC(C)C)NC(=O)[C@H]([C@H](O)C(C)C)NC(=O)[C@@H](NC(=O)[C@H](CC(C)C)NC(=O)[C@@H](N)Cc2ccc(-c3ccccc3)cc2)[C@@H](c2ccccc2)OC(=O)[C@H](CO)NC(=O)[C@H]([C@H](O)C(N)=O)NC(=O)CNC(=O)C([C@H](C)O)NC1=O.O=C(O)C(F)(F)F.O=C(O)C(F)(F)F. The van der Waals surface area contributed by atoms with Gasteiger partial charge in [0.15, 0.2) is 24.2 Å². The van der Waals surface area contributed by atoms with Crippen LogP contribution in [0.1, 0.15) is 112 Å². The summed E-state index contributed by atoms with van der Waals surface area (Å²) in [4.78, 5) is 193. The average molecular weight is 1610 g/mol. The molecule has 113 heavy (non-hydrogen) atoms. The number of hydrogen-bond acceptors (Lipinski definition) is 21. The van der Waals surface area contributed by atoms with E-state index < -0.39 is 211 Å². The minimum absolute atomic E-state index is 0.00534. The van der Waals surface area contributed by atoms with Crippen molar-refractivity contribution in [3.63, 3.8) is 0 Å². The Balaban J connectivity index is 0.00000281. The van der Waals surface area contributed by atoms with Crippen LogP contribution in [0.25, 0.3) is 11.1 Å². The number of carboxylic acids is 2. The summed E-state index contributed by atoms with van der Waals surface area (Å²) in [7, 11) is 0. The van der Waals surface area contributed by atoms with Gasteiger partial charge in [-0.2, -0.15) is 26.3 Å². The van der Waals surface area contributed by atoms with E-state index in [-0.39, 0.29) is 62.5 Å². The zero-order valence-electron chi connectivity index (χ0n) is 63.2. The average Bonchev–Trinajstić information content (AvgIpc) is 0.812. The van der Waals surface area contributed by atoms with Gasteiger partial charge < -0.3 is 111 Å². The molecule has 0 bridgehead atoms. The van der Waals surface area contributed by atoms with Crippen LogP contribution in [0.5, 0.6) is 0 Å². The van der Waals surface area contributed by atoms with Crippen LogP contribution in [0, 0.1) is 23.7 Å². The number of ether oxygens (including phenoxy) is 1. The molecule has 15 atom stereocenters. The lowest BCUT2D eigenvalue weighted by Crippen LogP contribution is -2.64. The summed E-state index contributed by atoms with van der Waals surface area (Å²) in [5.41, 5.74) is 25.4. The van der Waals surface area contributed by atoms with E-state index in [4.69, 9.17) is 47.5 Å². The van der Waals surface area contributed by atoms with E-state index in [1.54, 1.807) is 53.7 Å². The Kier molecular flexibility index (Phi) is 40.4. The lowest BCUT2D eigenvalue weighted by molar-refractivity contribution is -0.193. The highest BCUT2D eigenvalue weighted by Gasteiger charge is 2.45. The van der Waals surface area contributed by atoms with Gasteiger partial charge in [-0.05, 0) is 85.0 Å². The number of amides is 11. The quantitative estimate of drug-likeness (QED) is 0.0147. The Hall–Kier alpha value is -11.1. The number of carbonyl (C=O) groups is 14. The van der Waals surface area contributed by atoms with Gasteiger partial charge in [0.1, 0.15) is 48.3 Å². The van der Waals surface area contributed by atoms with Crippen LogP contribution in [0.4, 0.5) is 26.3 Å². The number of alkyl halides is 6. The smallest absolute Gasteiger partial charge is 0.475 e. The topological polar surface area (TPSA) is 606 Å². The fourth-order valence-corrected chi connectivity index (χ4v) is 10.4. The Morgan fingerprint density at radius 2 is 1.08 bits per heavy atom. The van der Waals surface area contributed by atoms with Crippen LogP contribution in [0.3, 0.4) is 0 Å². The van der Waals surface area contributed by atoms with Crippen molar-refractivity contribution in [2.75, 3.05) is 19.7 Å². The van der Waals surface area contributed by atoms with Gasteiger partial charge in [0.05, 0.1) is 31.4 Å². The second-order valence-corrected chi connectivity index (χ2v) is 27.3. The molecule has 628 valence electrons. The number of nitrogens with two attached hydrogens (primary N) is 4. The number of carbonyl (C=O) groups excluding carboxylic acids is 12. The number of guanidine groups is 1. The second kappa shape index (κ2) is 46.7. The van der Waals surface area contributed by atoms with Gasteiger partial charge in [-0.15, -0.1) is 0 Å². The van der Waals surface area contributed by atoms with Crippen molar-refractivity contribution in [1.82, 2.24) is 53.2 Å². The van der Waals surface area contributed by atoms with Crippen molar-refractivity contribution in [1.29, 1.82) is 0 Å². The summed E-state index contributed by atoms with van der Waals surface area (Å²) in [5, 5.41) is 82.8. The summed E-state index contributed by atoms with van der Waals surface area (Å²) < 4.78 is 69.5. The third kappa shape index (κ3) is 33.8. The molecule has 2 unspecified atom stereocenters. The summed E-state index contributed by atoms with van der Waals surface area (Å²) >= 11 is 0. The molecule has 4 rings (SSSR count). The molecule has 0 saturated carbocycles. The van der Waals surface area contributed by atoms with Crippen LogP contribution in [0.15, 0.2) is 89.9 Å². The van der Waals surface area contributed by atoms with Gasteiger partial charge in [0.25, 0.3) is 0 Å². The normalized spacial score (nSPS) is 21.9. The molecule has 0 aliphatic carbocycles. The number of cyclic esters (lactones) is 1. The first-order valence-electron chi connectivity index (χ1n) is 35.3. The number of esters is 1. The fourth-order valence-electron chi connectivity index (χ4n) is 10.4.